The minimum atomic E-state index is -1.41. The number of hydrogen-bond donors (Lipinski definition) is 0. The van der Waals surface area contributed by atoms with Crippen LogP contribution in [0, 0.1) is 62.8 Å². The van der Waals surface area contributed by atoms with Crippen LogP contribution in [-0.2, 0) is 26.6 Å². The van der Waals surface area contributed by atoms with E-state index in [0.717, 1.165) is 5.92 Å². The van der Waals surface area contributed by atoms with Crippen molar-refractivity contribution in [1.29, 1.82) is 0 Å². The zero-order valence-corrected chi connectivity index (χ0v) is 13.9. The van der Waals surface area contributed by atoms with Crippen molar-refractivity contribution in [3.8, 4) is 0 Å². The number of rotatable bonds is 2. The Morgan fingerprint density at radius 2 is 1.42 bits per heavy atom. The first kappa shape index (κ1) is 19.2. The van der Waals surface area contributed by atoms with Crippen LogP contribution in [0.4, 0.5) is 0 Å². The van der Waals surface area contributed by atoms with Gasteiger partial charge in [-0.15, -0.1) is 0 Å². The number of methoxy groups -OCH3 is 1. The fourth-order valence-electron chi connectivity index (χ4n) is 1.68. The average Bonchev–Trinajstić information content (AvgIpc) is 3.00. The molecule has 2 nitrogen and oxygen atoms in total. The molecule has 10 radical (unpaired) electrons. The molecule has 0 aromatic heterocycles. The molecule has 0 atom stereocenters. The number of hydrogen-bond acceptors (Lipinski definition) is 2. The van der Waals surface area contributed by atoms with Gasteiger partial charge in [0.15, 0.2) is 0 Å². The Kier molecular flexibility index (Phi) is 9.30. The maximum Gasteiger partial charge on any atom is 0.313 e. The summed E-state index contributed by atoms with van der Waals surface area (Å²) in [5.74, 6) is 0.518. The van der Waals surface area contributed by atoms with Crippen molar-refractivity contribution >= 4 is 14.0 Å². The molecule has 19 heavy (non-hydrogen) atoms. The summed E-state index contributed by atoms with van der Waals surface area (Å²) in [4.78, 5) is 11.3. The van der Waals surface area contributed by atoms with Gasteiger partial charge in [0.05, 0.1) is 21.1 Å². The predicted octanol–water partition coefficient (Wildman–Crippen LogP) is 2.83. The third-order valence-electron chi connectivity index (χ3n) is 2.58. The predicted molar refractivity (Wildman–Crippen MR) is 76.2 cm³/mol. The van der Waals surface area contributed by atoms with Crippen LogP contribution in [0.25, 0.3) is 0 Å². The fraction of sp³-hybridized carbons (Fsp3) is 0.267. The van der Waals surface area contributed by atoms with Gasteiger partial charge in [-0.25, -0.2) is 0 Å². The molecule has 104 valence electrons. The Labute approximate surface area is 130 Å². The molecule has 0 heterocycles. The van der Waals surface area contributed by atoms with E-state index in [0.29, 0.717) is 0 Å². The van der Waals surface area contributed by atoms with Crippen LogP contribution in [0.3, 0.4) is 0 Å². The smallest absolute Gasteiger partial charge is 0.313 e. The van der Waals surface area contributed by atoms with Gasteiger partial charge in [0, 0.05) is 17.1 Å². The van der Waals surface area contributed by atoms with E-state index in [1.54, 1.807) is 0 Å². The third-order valence-corrected chi connectivity index (χ3v) is 4.64. The van der Waals surface area contributed by atoms with Gasteiger partial charge in [-0.2, -0.15) is 0 Å². The molecule has 0 N–H and O–H groups in total. The molecule has 4 heteroatoms. The van der Waals surface area contributed by atoms with Gasteiger partial charge < -0.3 is 4.74 Å². The average molecular weight is 316 g/mol. The molecule has 0 bridgehead atoms. The van der Waals surface area contributed by atoms with E-state index in [4.69, 9.17) is 4.74 Å². The van der Waals surface area contributed by atoms with E-state index < -0.39 is 8.07 Å². The molecule has 2 aliphatic carbocycles. The summed E-state index contributed by atoms with van der Waals surface area (Å²) in [6, 6.07) is 0. The van der Waals surface area contributed by atoms with Crippen LogP contribution in [-0.4, -0.2) is 21.2 Å². The van der Waals surface area contributed by atoms with E-state index >= 15 is 0 Å². The molecule has 0 aromatic carbocycles. The van der Waals surface area contributed by atoms with Crippen molar-refractivity contribution in [3.63, 3.8) is 0 Å². The molecule has 0 aromatic rings. The zero-order valence-electron chi connectivity index (χ0n) is 11.8. The molecule has 2 rings (SSSR count). The number of carbonyl (C=O) groups excluding carboxylic acids is 1. The minimum Gasteiger partial charge on any atom is -0.469 e. The fourth-order valence-corrected chi connectivity index (χ4v) is 3.27. The number of esters is 1. The van der Waals surface area contributed by atoms with E-state index in [1.807, 2.05) is 51.4 Å². The van der Waals surface area contributed by atoms with Crippen LogP contribution in [0.15, 0.2) is 0 Å². The van der Waals surface area contributed by atoms with Gasteiger partial charge in [-0.3, -0.25) is 4.79 Å². The van der Waals surface area contributed by atoms with Crippen molar-refractivity contribution in [3.05, 3.63) is 62.8 Å². The van der Waals surface area contributed by atoms with Gasteiger partial charge >= 0.3 is 5.97 Å². The van der Waals surface area contributed by atoms with Gasteiger partial charge in [0.2, 0.25) is 0 Å². The van der Waals surface area contributed by atoms with E-state index in [-0.39, 0.29) is 23.0 Å². The van der Waals surface area contributed by atoms with Crippen LogP contribution in [0.2, 0.25) is 19.6 Å². The van der Waals surface area contributed by atoms with Gasteiger partial charge in [-0.1, -0.05) is 19.6 Å². The standard InChI is InChI=1S/C10H15O2Si.C5H5.Fe/c1-12-10(11)8-6-5-7-9(8)13(2,3)4;1-2-4-5-3-1;/h5-7H,1-4H3;1-5H;. The monoisotopic (exact) mass is 316 g/mol. The molecule has 2 saturated carbocycles. The summed E-state index contributed by atoms with van der Waals surface area (Å²) in [6.45, 7) is 6.65. The molecule has 2 aliphatic rings. The molecule has 0 amide bonds. The van der Waals surface area contributed by atoms with Crippen LogP contribution >= 0.6 is 0 Å². The SMILES string of the molecule is COC(=O)[C]1[CH][CH][CH][C]1[Si](C)(C)C.[CH]1[CH][CH][CH][CH]1.[Fe]. The normalized spacial score (nSPS) is 20.4. The van der Waals surface area contributed by atoms with Crippen molar-refractivity contribution in [1.82, 2.24) is 0 Å². The Balaban J connectivity index is 0.000000454. The molecule has 0 saturated heterocycles. The second kappa shape index (κ2) is 9.20. The number of ether oxygens (including phenoxy) is 1. The maximum absolute atomic E-state index is 11.3. The third kappa shape index (κ3) is 6.46. The second-order valence-electron chi connectivity index (χ2n) is 5.06. The zero-order chi connectivity index (χ0) is 13.6. The Bertz CT molecular complexity index is 252. The van der Waals surface area contributed by atoms with Gasteiger partial charge in [-0.05, 0) is 56.9 Å². The Morgan fingerprint density at radius 1 is 0.947 bits per heavy atom. The van der Waals surface area contributed by atoms with Crippen LogP contribution < -0.4 is 0 Å². The minimum absolute atomic E-state index is 0. The van der Waals surface area contributed by atoms with Crippen LogP contribution in [0.1, 0.15) is 0 Å². The first-order valence-corrected chi connectivity index (χ1v) is 9.48. The number of carbonyl (C=O) groups is 1. The molecule has 0 spiro atoms. The molecule has 0 unspecified atom stereocenters. The van der Waals surface area contributed by atoms with E-state index in [9.17, 15) is 4.79 Å². The van der Waals surface area contributed by atoms with Crippen molar-refractivity contribution in [2.75, 3.05) is 7.11 Å². The topological polar surface area (TPSA) is 26.3 Å². The van der Waals surface area contributed by atoms with Crippen molar-refractivity contribution < 1.29 is 26.6 Å². The summed E-state index contributed by atoms with van der Waals surface area (Å²) >= 11 is 0. The molecule has 0 aliphatic heterocycles. The van der Waals surface area contributed by atoms with Crippen molar-refractivity contribution in [2.45, 2.75) is 19.6 Å². The first-order chi connectivity index (χ1) is 8.46. The molecule has 2 fully saturated rings. The maximum atomic E-state index is 11.3. The van der Waals surface area contributed by atoms with Crippen molar-refractivity contribution in [2.24, 2.45) is 0 Å². The summed E-state index contributed by atoms with van der Waals surface area (Å²) in [5, 5.41) is 0. The molecular weight excluding hydrogens is 296 g/mol. The largest absolute Gasteiger partial charge is 0.469 e. The summed E-state index contributed by atoms with van der Waals surface area (Å²) < 4.78 is 4.71. The first-order valence-electron chi connectivity index (χ1n) is 5.98. The Hall–Kier alpha value is 0.206. The van der Waals surface area contributed by atoms with E-state index in [1.165, 1.54) is 12.7 Å². The second-order valence-corrected chi connectivity index (χ2v) is 10.1. The molecular formula is C15H20FeO2Si. The van der Waals surface area contributed by atoms with Gasteiger partial charge in [0.1, 0.15) is 0 Å². The van der Waals surface area contributed by atoms with Crippen LogP contribution in [0.5, 0.6) is 0 Å². The Morgan fingerprint density at radius 3 is 1.79 bits per heavy atom. The quantitative estimate of drug-likeness (QED) is 0.578. The summed E-state index contributed by atoms with van der Waals surface area (Å²) in [6.07, 6.45) is 15.8. The summed E-state index contributed by atoms with van der Waals surface area (Å²) in [7, 11) is 0.0144. The van der Waals surface area contributed by atoms with Gasteiger partial charge in [0.25, 0.3) is 0 Å². The van der Waals surface area contributed by atoms with E-state index in [2.05, 4.69) is 19.6 Å². The summed E-state index contributed by atoms with van der Waals surface area (Å²) in [5.41, 5.74) is 1.18.